The zero-order chi connectivity index (χ0) is 13.8. The molecule has 0 N–H and O–H groups in total. The normalized spacial score (nSPS) is 11.8. The molecule has 1 rings (SSSR count). The van der Waals surface area contributed by atoms with E-state index in [1.165, 1.54) is 19.6 Å². The number of hydrogen-bond donors (Lipinski definition) is 0. The Morgan fingerprint density at radius 3 is 2.61 bits per heavy atom. The van der Waals surface area contributed by atoms with E-state index in [9.17, 15) is 13.2 Å². The van der Waals surface area contributed by atoms with Gasteiger partial charge in [-0.25, -0.2) is 13.4 Å². The first-order valence-corrected chi connectivity index (χ1v) is 6.98. The Hall–Kier alpha value is -1.41. The first-order valence-electron chi connectivity index (χ1n) is 5.54. The number of methoxy groups -OCH3 is 1. The lowest BCUT2D eigenvalue weighted by Gasteiger charge is -2.17. The first kappa shape index (κ1) is 14.7. The Labute approximate surface area is 106 Å². The van der Waals surface area contributed by atoms with Crippen molar-refractivity contribution < 1.29 is 17.9 Å². The maximum atomic E-state index is 12.2. The van der Waals surface area contributed by atoms with Crippen LogP contribution in [0.25, 0.3) is 0 Å². The fraction of sp³-hybridized carbons (Fsp3) is 0.600. The zero-order valence-corrected chi connectivity index (χ0v) is 11.5. The van der Waals surface area contributed by atoms with Crippen LogP contribution in [0.5, 0.6) is 0 Å². The molecule has 7 nitrogen and oxygen atoms in total. The molecule has 0 radical (unpaired) electrons. The second kappa shape index (κ2) is 5.96. The van der Waals surface area contributed by atoms with Gasteiger partial charge in [-0.1, -0.05) is 6.92 Å². The van der Waals surface area contributed by atoms with E-state index in [2.05, 4.69) is 9.72 Å². The van der Waals surface area contributed by atoms with E-state index in [0.717, 1.165) is 4.31 Å². The molecule has 0 saturated heterocycles. The van der Waals surface area contributed by atoms with Crippen molar-refractivity contribution in [2.75, 3.05) is 20.2 Å². The number of aromatic nitrogens is 2. The molecule has 18 heavy (non-hydrogen) atoms. The number of nitrogens with zero attached hydrogens (tertiary/aromatic N) is 3. The van der Waals surface area contributed by atoms with Gasteiger partial charge in [-0.05, 0) is 6.92 Å². The highest BCUT2D eigenvalue weighted by atomic mass is 32.2. The number of hydrogen-bond acceptors (Lipinski definition) is 5. The highest BCUT2D eigenvalue weighted by molar-refractivity contribution is 7.89. The van der Waals surface area contributed by atoms with Gasteiger partial charge in [-0.2, -0.15) is 4.31 Å². The van der Waals surface area contributed by atoms with Crippen molar-refractivity contribution in [2.45, 2.75) is 25.4 Å². The van der Waals surface area contributed by atoms with Crippen LogP contribution in [0.15, 0.2) is 17.6 Å². The van der Waals surface area contributed by atoms with Crippen molar-refractivity contribution in [1.82, 2.24) is 13.9 Å². The Morgan fingerprint density at radius 1 is 1.50 bits per heavy atom. The van der Waals surface area contributed by atoms with Crippen molar-refractivity contribution in [3.8, 4) is 0 Å². The van der Waals surface area contributed by atoms with Crippen LogP contribution < -0.4 is 0 Å². The molecule has 0 aliphatic rings. The predicted octanol–water partition coefficient (Wildman–Crippen LogP) is 0.0866. The third kappa shape index (κ3) is 3.08. The van der Waals surface area contributed by atoms with Crippen LogP contribution in [-0.4, -0.2) is 48.4 Å². The summed E-state index contributed by atoms with van der Waals surface area (Å²) in [6.07, 6.45) is 2.88. The number of likely N-dealkylation sites (N-methyl/N-ethyl adjacent to an activating group) is 1. The summed E-state index contributed by atoms with van der Waals surface area (Å²) in [5.74, 6) is -0.602. The largest absolute Gasteiger partial charge is 0.468 e. The smallest absolute Gasteiger partial charge is 0.321 e. The van der Waals surface area contributed by atoms with E-state index in [1.54, 1.807) is 11.5 Å². The van der Waals surface area contributed by atoms with Crippen LogP contribution in [0.4, 0.5) is 0 Å². The third-order valence-electron chi connectivity index (χ3n) is 2.46. The molecular formula is C10H17N3O4S. The standard InChI is InChI=1S/C10H17N3O4S/c1-4-12-6-9(11-8-12)18(15,16)13(5-2)7-10(14)17-3/h6,8H,4-5,7H2,1-3H3. The zero-order valence-electron chi connectivity index (χ0n) is 10.7. The van der Waals surface area contributed by atoms with Crippen LogP contribution in [0.1, 0.15) is 13.8 Å². The fourth-order valence-electron chi connectivity index (χ4n) is 1.35. The number of ether oxygens (including phenoxy) is 1. The minimum Gasteiger partial charge on any atom is -0.468 e. The first-order chi connectivity index (χ1) is 8.45. The topological polar surface area (TPSA) is 81.5 Å². The number of aryl methyl sites for hydroxylation is 1. The summed E-state index contributed by atoms with van der Waals surface area (Å²) in [4.78, 5) is 15.0. The summed E-state index contributed by atoms with van der Waals surface area (Å²) in [5.41, 5.74) is 0. The van der Waals surface area contributed by atoms with Crippen LogP contribution in [0.2, 0.25) is 0 Å². The molecule has 1 aromatic heterocycles. The SMILES string of the molecule is CCN(CC(=O)OC)S(=O)(=O)c1cn(CC)cn1. The summed E-state index contributed by atoms with van der Waals surface area (Å²) in [5, 5.41) is -0.0601. The van der Waals surface area contributed by atoms with E-state index in [0.29, 0.717) is 6.54 Å². The molecule has 0 bridgehead atoms. The van der Waals surface area contributed by atoms with E-state index < -0.39 is 16.0 Å². The average Bonchev–Trinajstić information content (AvgIpc) is 2.84. The second-order valence-corrected chi connectivity index (χ2v) is 5.43. The van der Waals surface area contributed by atoms with Gasteiger partial charge in [0.15, 0.2) is 5.03 Å². The van der Waals surface area contributed by atoms with Gasteiger partial charge in [0, 0.05) is 19.3 Å². The molecule has 0 fully saturated rings. The van der Waals surface area contributed by atoms with E-state index in [-0.39, 0.29) is 18.1 Å². The van der Waals surface area contributed by atoms with Gasteiger partial charge in [0.25, 0.3) is 10.0 Å². The van der Waals surface area contributed by atoms with Crippen molar-refractivity contribution in [3.05, 3.63) is 12.5 Å². The van der Waals surface area contributed by atoms with Gasteiger partial charge in [0.2, 0.25) is 0 Å². The van der Waals surface area contributed by atoms with Crippen molar-refractivity contribution >= 4 is 16.0 Å². The summed E-state index contributed by atoms with van der Waals surface area (Å²) >= 11 is 0. The maximum absolute atomic E-state index is 12.2. The monoisotopic (exact) mass is 275 g/mol. The number of carbonyl (C=O) groups excluding carboxylic acids is 1. The molecule has 0 aromatic carbocycles. The van der Waals surface area contributed by atoms with Crippen molar-refractivity contribution in [3.63, 3.8) is 0 Å². The van der Waals surface area contributed by atoms with Gasteiger partial charge in [0.05, 0.1) is 13.4 Å². The highest BCUT2D eigenvalue weighted by Gasteiger charge is 2.27. The Morgan fingerprint density at radius 2 is 2.17 bits per heavy atom. The second-order valence-electron chi connectivity index (χ2n) is 3.55. The average molecular weight is 275 g/mol. The number of esters is 1. The number of imidazole rings is 1. The molecule has 102 valence electrons. The molecule has 0 aliphatic carbocycles. The van der Waals surface area contributed by atoms with Crippen LogP contribution in [0, 0.1) is 0 Å². The molecule has 8 heteroatoms. The molecule has 0 amide bonds. The highest BCUT2D eigenvalue weighted by Crippen LogP contribution is 2.13. The summed E-state index contributed by atoms with van der Waals surface area (Å²) in [7, 11) is -2.53. The molecule has 0 unspecified atom stereocenters. The summed E-state index contributed by atoms with van der Waals surface area (Å²) in [6.45, 7) is 4.03. The Kier molecular flexibility index (Phi) is 4.85. The summed E-state index contributed by atoms with van der Waals surface area (Å²) in [6, 6.07) is 0. The molecule has 0 aliphatic heterocycles. The van der Waals surface area contributed by atoms with Gasteiger partial charge in [-0.3, -0.25) is 4.79 Å². The van der Waals surface area contributed by atoms with E-state index in [4.69, 9.17) is 0 Å². The quantitative estimate of drug-likeness (QED) is 0.687. The molecule has 0 spiro atoms. The van der Waals surface area contributed by atoms with Crippen LogP contribution >= 0.6 is 0 Å². The summed E-state index contributed by atoms with van der Waals surface area (Å²) < 4.78 is 31.5. The molecule has 1 heterocycles. The predicted molar refractivity (Wildman–Crippen MR) is 64.3 cm³/mol. The molecule has 0 saturated carbocycles. The Balaban J connectivity index is 2.99. The lowest BCUT2D eigenvalue weighted by Crippen LogP contribution is -2.36. The van der Waals surface area contributed by atoms with Crippen molar-refractivity contribution in [2.24, 2.45) is 0 Å². The molecular weight excluding hydrogens is 258 g/mol. The number of carbonyl (C=O) groups is 1. The number of rotatable bonds is 6. The third-order valence-corrected chi connectivity index (χ3v) is 4.27. The van der Waals surface area contributed by atoms with Crippen LogP contribution in [0.3, 0.4) is 0 Å². The number of sulfonamides is 1. The van der Waals surface area contributed by atoms with Gasteiger partial charge in [0.1, 0.15) is 6.54 Å². The maximum Gasteiger partial charge on any atom is 0.321 e. The van der Waals surface area contributed by atoms with E-state index in [1.807, 2.05) is 6.92 Å². The van der Waals surface area contributed by atoms with E-state index >= 15 is 0 Å². The fourth-order valence-corrected chi connectivity index (χ4v) is 2.68. The Bertz CT molecular complexity index is 509. The van der Waals surface area contributed by atoms with Gasteiger partial charge < -0.3 is 9.30 Å². The van der Waals surface area contributed by atoms with Crippen molar-refractivity contribution in [1.29, 1.82) is 0 Å². The lowest BCUT2D eigenvalue weighted by molar-refractivity contribution is -0.140. The minimum atomic E-state index is -3.74. The minimum absolute atomic E-state index is 0.0601. The van der Waals surface area contributed by atoms with Gasteiger partial charge >= 0.3 is 5.97 Å². The van der Waals surface area contributed by atoms with Gasteiger partial charge in [-0.15, -0.1) is 0 Å². The molecule has 0 atom stereocenters. The van der Waals surface area contributed by atoms with Crippen LogP contribution in [-0.2, 0) is 26.1 Å². The molecule has 1 aromatic rings. The lowest BCUT2D eigenvalue weighted by atomic mass is 10.6.